The van der Waals surface area contributed by atoms with Crippen molar-refractivity contribution in [3.63, 3.8) is 0 Å². The summed E-state index contributed by atoms with van der Waals surface area (Å²) >= 11 is 0. The Bertz CT molecular complexity index is 375. The minimum Gasteiger partial charge on any atom is -0.334 e. The Balaban J connectivity index is 2.31. The number of benzene rings is 1. The number of alkyl halides is 3. The molecule has 0 unspecified atom stereocenters. The maximum absolute atomic E-state index is 12.5. The first-order valence-electron chi connectivity index (χ1n) is 4.70. The monoisotopic (exact) mass is 250 g/mol. The molecule has 0 saturated carbocycles. The quantitative estimate of drug-likeness (QED) is 0.793. The van der Waals surface area contributed by atoms with Gasteiger partial charge in [0.25, 0.3) is 0 Å². The van der Waals surface area contributed by atoms with Gasteiger partial charge in [0.05, 0.1) is 0 Å². The van der Waals surface area contributed by atoms with Crippen molar-refractivity contribution in [3.05, 3.63) is 35.6 Å². The Morgan fingerprint density at radius 1 is 1.12 bits per heavy atom. The van der Waals surface area contributed by atoms with Crippen molar-refractivity contribution in [2.45, 2.75) is 12.7 Å². The summed E-state index contributed by atoms with van der Waals surface area (Å²) < 4.78 is 47.7. The van der Waals surface area contributed by atoms with Crippen LogP contribution in [0.4, 0.5) is 22.4 Å². The highest BCUT2D eigenvalue weighted by Crippen LogP contribution is 2.11. The van der Waals surface area contributed by atoms with Gasteiger partial charge in [-0.05, 0) is 17.7 Å². The zero-order chi connectivity index (χ0) is 12.9. The maximum atomic E-state index is 12.5. The van der Waals surface area contributed by atoms with Crippen LogP contribution in [-0.2, 0) is 6.54 Å². The lowest BCUT2D eigenvalue weighted by atomic mass is 10.2. The Hall–Kier alpha value is -1.79. The average Bonchev–Trinajstić information content (AvgIpc) is 2.25. The summed E-state index contributed by atoms with van der Waals surface area (Å²) in [5.74, 6) is -0.421. The zero-order valence-electron chi connectivity index (χ0n) is 8.64. The van der Waals surface area contributed by atoms with Gasteiger partial charge in [0.1, 0.15) is 12.4 Å². The third-order valence-electron chi connectivity index (χ3n) is 1.82. The lowest BCUT2D eigenvalue weighted by Gasteiger charge is -2.09. The SMILES string of the molecule is O=C(NCc1ccc(F)cc1)NCC(F)(F)F. The highest BCUT2D eigenvalue weighted by atomic mass is 19.4. The molecule has 0 aliphatic heterocycles. The molecule has 3 nitrogen and oxygen atoms in total. The Kier molecular flexibility index (Phi) is 4.30. The molecule has 2 amide bonds. The molecule has 0 aliphatic carbocycles. The number of carbonyl (C=O) groups excluding carboxylic acids is 1. The summed E-state index contributed by atoms with van der Waals surface area (Å²) in [5.41, 5.74) is 0.591. The first-order valence-corrected chi connectivity index (χ1v) is 4.70. The predicted molar refractivity (Wildman–Crippen MR) is 52.7 cm³/mol. The van der Waals surface area contributed by atoms with Crippen LogP contribution in [-0.4, -0.2) is 18.8 Å². The second-order valence-electron chi connectivity index (χ2n) is 3.28. The van der Waals surface area contributed by atoms with E-state index in [1.54, 1.807) is 5.32 Å². The van der Waals surface area contributed by atoms with Gasteiger partial charge in [-0.2, -0.15) is 13.2 Å². The normalized spacial score (nSPS) is 11.1. The molecule has 0 aromatic heterocycles. The summed E-state index contributed by atoms with van der Waals surface area (Å²) in [7, 11) is 0. The van der Waals surface area contributed by atoms with Crippen molar-refractivity contribution in [2.24, 2.45) is 0 Å². The van der Waals surface area contributed by atoms with Crippen LogP contribution in [0.1, 0.15) is 5.56 Å². The van der Waals surface area contributed by atoms with Crippen molar-refractivity contribution in [1.82, 2.24) is 10.6 Å². The maximum Gasteiger partial charge on any atom is 0.405 e. The molecule has 0 fully saturated rings. The van der Waals surface area contributed by atoms with Crippen LogP contribution in [0.2, 0.25) is 0 Å². The van der Waals surface area contributed by atoms with Crippen molar-refractivity contribution in [1.29, 1.82) is 0 Å². The van der Waals surface area contributed by atoms with Gasteiger partial charge in [0.2, 0.25) is 0 Å². The fourth-order valence-electron chi connectivity index (χ4n) is 1.03. The van der Waals surface area contributed by atoms with E-state index in [1.165, 1.54) is 24.3 Å². The summed E-state index contributed by atoms with van der Waals surface area (Å²) in [6.45, 7) is -1.35. The van der Waals surface area contributed by atoms with Crippen LogP contribution in [0.5, 0.6) is 0 Å². The van der Waals surface area contributed by atoms with Gasteiger partial charge in [-0.25, -0.2) is 9.18 Å². The molecule has 1 rings (SSSR count). The van der Waals surface area contributed by atoms with Crippen molar-refractivity contribution >= 4 is 6.03 Å². The number of hydrogen-bond donors (Lipinski definition) is 2. The Morgan fingerprint density at radius 2 is 1.71 bits per heavy atom. The van der Waals surface area contributed by atoms with E-state index in [2.05, 4.69) is 5.32 Å². The minimum absolute atomic E-state index is 0.0317. The largest absolute Gasteiger partial charge is 0.405 e. The van der Waals surface area contributed by atoms with E-state index in [-0.39, 0.29) is 6.54 Å². The lowest BCUT2D eigenvalue weighted by Crippen LogP contribution is -2.40. The number of nitrogens with one attached hydrogen (secondary N) is 2. The van der Waals surface area contributed by atoms with Gasteiger partial charge in [0, 0.05) is 6.54 Å². The molecule has 0 spiro atoms. The van der Waals surface area contributed by atoms with Crippen LogP contribution < -0.4 is 10.6 Å². The van der Waals surface area contributed by atoms with Crippen molar-refractivity contribution in [2.75, 3.05) is 6.54 Å². The summed E-state index contributed by atoms with van der Waals surface area (Å²) in [4.78, 5) is 10.9. The summed E-state index contributed by atoms with van der Waals surface area (Å²) in [5, 5.41) is 3.87. The molecule has 0 saturated heterocycles. The van der Waals surface area contributed by atoms with Gasteiger partial charge in [-0.15, -0.1) is 0 Å². The number of carbonyl (C=O) groups is 1. The second kappa shape index (κ2) is 5.51. The van der Waals surface area contributed by atoms with E-state index in [0.29, 0.717) is 5.56 Å². The molecule has 0 aliphatic rings. The molecule has 7 heteroatoms. The lowest BCUT2D eigenvalue weighted by molar-refractivity contribution is -0.122. The minimum atomic E-state index is -4.44. The zero-order valence-corrected chi connectivity index (χ0v) is 8.64. The van der Waals surface area contributed by atoms with Crippen LogP contribution in [0.25, 0.3) is 0 Å². The third kappa shape index (κ3) is 5.74. The molecule has 0 radical (unpaired) electrons. The van der Waals surface area contributed by atoms with Crippen molar-refractivity contribution < 1.29 is 22.4 Å². The van der Waals surface area contributed by atoms with E-state index >= 15 is 0 Å². The fraction of sp³-hybridized carbons (Fsp3) is 0.300. The molecule has 1 aromatic rings. The molecular weight excluding hydrogens is 240 g/mol. The Morgan fingerprint density at radius 3 is 2.24 bits per heavy atom. The van der Waals surface area contributed by atoms with E-state index in [9.17, 15) is 22.4 Å². The van der Waals surface area contributed by atoms with E-state index in [0.717, 1.165) is 0 Å². The topological polar surface area (TPSA) is 41.1 Å². The van der Waals surface area contributed by atoms with Crippen LogP contribution in [0, 0.1) is 5.82 Å². The first kappa shape index (κ1) is 13.3. The summed E-state index contributed by atoms with van der Waals surface area (Å²) in [6, 6.07) is 4.33. The van der Waals surface area contributed by atoms with Crippen LogP contribution in [0.15, 0.2) is 24.3 Å². The molecule has 1 aromatic carbocycles. The van der Waals surface area contributed by atoms with Gasteiger partial charge in [-0.3, -0.25) is 0 Å². The molecule has 0 atom stereocenters. The van der Waals surface area contributed by atoms with Gasteiger partial charge in [-0.1, -0.05) is 12.1 Å². The number of hydrogen-bond acceptors (Lipinski definition) is 1. The van der Waals surface area contributed by atoms with Crippen LogP contribution in [0.3, 0.4) is 0 Å². The summed E-state index contributed by atoms with van der Waals surface area (Å²) in [6.07, 6.45) is -4.44. The molecule has 17 heavy (non-hydrogen) atoms. The highest BCUT2D eigenvalue weighted by molar-refractivity contribution is 5.73. The number of amides is 2. The van der Waals surface area contributed by atoms with E-state index in [1.807, 2.05) is 0 Å². The fourth-order valence-corrected chi connectivity index (χ4v) is 1.03. The predicted octanol–water partition coefficient (Wildman–Crippen LogP) is 2.19. The Labute approximate surface area is 94.8 Å². The van der Waals surface area contributed by atoms with E-state index in [4.69, 9.17) is 0 Å². The first-order chi connectivity index (χ1) is 7.87. The molecule has 2 N–H and O–H groups in total. The highest BCUT2D eigenvalue weighted by Gasteiger charge is 2.27. The average molecular weight is 250 g/mol. The van der Waals surface area contributed by atoms with Gasteiger partial charge >= 0.3 is 12.2 Å². The molecule has 0 bridgehead atoms. The van der Waals surface area contributed by atoms with Crippen LogP contribution >= 0.6 is 0 Å². The smallest absolute Gasteiger partial charge is 0.334 e. The molecule has 0 heterocycles. The number of halogens is 4. The number of urea groups is 1. The van der Waals surface area contributed by atoms with Crippen molar-refractivity contribution in [3.8, 4) is 0 Å². The van der Waals surface area contributed by atoms with Gasteiger partial charge < -0.3 is 10.6 Å². The second-order valence-corrected chi connectivity index (χ2v) is 3.28. The molecular formula is C10H10F4N2O. The van der Waals surface area contributed by atoms with Gasteiger partial charge in [0.15, 0.2) is 0 Å². The number of rotatable bonds is 3. The molecule has 94 valence electrons. The third-order valence-corrected chi connectivity index (χ3v) is 1.82. The van der Waals surface area contributed by atoms with E-state index < -0.39 is 24.6 Å². The standard InChI is InChI=1S/C10H10F4N2O/c11-8-3-1-7(2-4-8)5-15-9(17)16-6-10(12,13)14/h1-4H,5-6H2,(H2,15,16,17).